The Bertz CT molecular complexity index is 381. The van der Waals surface area contributed by atoms with Crippen molar-refractivity contribution in [1.82, 2.24) is 10.3 Å². The van der Waals surface area contributed by atoms with Crippen LogP contribution in [0.2, 0.25) is 0 Å². The predicted molar refractivity (Wildman–Crippen MR) is 62.6 cm³/mol. The number of hydrogen-bond acceptors (Lipinski definition) is 5. The number of pyridine rings is 1. The van der Waals surface area contributed by atoms with Gasteiger partial charge in [0.05, 0.1) is 4.92 Å². The van der Waals surface area contributed by atoms with Crippen molar-refractivity contribution in [2.24, 2.45) is 0 Å². The zero-order valence-corrected chi connectivity index (χ0v) is 9.65. The molecule has 1 rings (SSSR count). The Balaban J connectivity index is 2.72. The zero-order valence-electron chi connectivity index (χ0n) is 9.65. The fourth-order valence-corrected chi connectivity index (χ4v) is 1.20. The first kappa shape index (κ1) is 12.4. The molecule has 1 aromatic heterocycles. The highest BCUT2D eigenvalue weighted by atomic mass is 16.6. The monoisotopic (exact) mass is 224 g/mol. The number of aromatic nitrogens is 1. The lowest BCUT2D eigenvalue weighted by Crippen LogP contribution is -2.29. The summed E-state index contributed by atoms with van der Waals surface area (Å²) in [6, 6.07) is 1.83. The van der Waals surface area contributed by atoms with Crippen LogP contribution in [0.5, 0.6) is 0 Å². The van der Waals surface area contributed by atoms with Gasteiger partial charge in [-0.05, 0) is 26.5 Å². The molecular weight excluding hydrogens is 208 g/mol. The van der Waals surface area contributed by atoms with Crippen LogP contribution in [-0.4, -0.2) is 29.5 Å². The normalized spacial score (nSPS) is 12.2. The van der Waals surface area contributed by atoms with Crippen molar-refractivity contribution in [3.8, 4) is 0 Å². The van der Waals surface area contributed by atoms with Crippen molar-refractivity contribution < 1.29 is 4.92 Å². The lowest BCUT2D eigenvalue weighted by Gasteiger charge is -2.13. The fraction of sp³-hybridized carbons (Fsp3) is 0.500. The molecule has 1 atom stereocenters. The summed E-state index contributed by atoms with van der Waals surface area (Å²) in [6.07, 6.45) is 1.26. The molecule has 1 unspecified atom stereocenters. The second kappa shape index (κ2) is 5.41. The highest BCUT2D eigenvalue weighted by Gasteiger charge is 2.09. The molecule has 0 aliphatic carbocycles. The van der Waals surface area contributed by atoms with Crippen LogP contribution in [0.15, 0.2) is 12.3 Å². The summed E-state index contributed by atoms with van der Waals surface area (Å²) in [4.78, 5) is 14.1. The van der Waals surface area contributed by atoms with Gasteiger partial charge >= 0.3 is 0 Å². The van der Waals surface area contributed by atoms with E-state index in [4.69, 9.17) is 0 Å². The minimum atomic E-state index is -0.444. The summed E-state index contributed by atoms with van der Waals surface area (Å²) in [5, 5.41) is 16.7. The minimum absolute atomic E-state index is 0.0183. The van der Waals surface area contributed by atoms with Crippen LogP contribution in [-0.2, 0) is 0 Å². The van der Waals surface area contributed by atoms with Crippen LogP contribution < -0.4 is 10.6 Å². The summed E-state index contributed by atoms with van der Waals surface area (Å²) in [6.45, 7) is 4.56. The van der Waals surface area contributed by atoms with E-state index in [9.17, 15) is 10.1 Å². The highest BCUT2D eigenvalue weighted by molar-refractivity contribution is 5.48. The lowest BCUT2D eigenvalue weighted by molar-refractivity contribution is -0.385. The standard InChI is InChI=1S/C10H16N4O2/c1-7-4-9(14(15)16)6-13-10(7)12-5-8(2)11-3/h4,6,8,11H,5H2,1-3H3,(H,12,13). The number of anilines is 1. The number of nitro groups is 1. The minimum Gasteiger partial charge on any atom is -0.368 e. The smallest absolute Gasteiger partial charge is 0.287 e. The Morgan fingerprint density at radius 1 is 1.62 bits per heavy atom. The van der Waals surface area contributed by atoms with Crippen LogP contribution in [0.25, 0.3) is 0 Å². The molecule has 0 aromatic carbocycles. The molecule has 0 bridgehead atoms. The second-order valence-corrected chi connectivity index (χ2v) is 3.69. The van der Waals surface area contributed by atoms with Gasteiger partial charge in [0, 0.05) is 18.7 Å². The summed E-state index contributed by atoms with van der Waals surface area (Å²) < 4.78 is 0. The maximum Gasteiger partial charge on any atom is 0.287 e. The van der Waals surface area contributed by atoms with Crippen molar-refractivity contribution >= 4 is 11.5 Å². The molecule has 2 N–H and O–H groups in total. The van der Waals surface area contributed by atoms with Gasteiger partial charge in [-0.1, -0.05) is 0 Å². The van der Waals surface area contributed by atoms with E-state index < -0.39 is 4.92 Å². The Labute approximate surface area is 94.2 Å². The number of nitrogens with zero attached hydrogens (tertiary/aromatic N) is 2. The molecule has 88 valence electrons. The van der Waals surface area contributed by atoms with E-state index in [2.05, 4.69) is 15.6 Å². The molecule has 6 heteroatoms. The summed E-state index contributed by atoms with van der Waals surface area (Å²) in [5.41, 5.74) is 0.794. The van der Waals surface area contributed by atoms with E-state index in [-0.39, 0.29) is 5.69 Å². The first-order valence-electron chi connectivity index (χ1n) is 5.06. The molecule has 6 nitrogen and oxygen atoms in total. The van der Waals surface area contributed by atoms with Gasteiger partial charge in [-0.2, -0.15) is 0 Å². The van der Waals surface area contributed by atoms with Crippen molar-refractivity contribution in [2.75, 3.05) is 18.9 Å². The van der Waals surface area contributed by atoms with Gasteiger partial charge in [-0.25, -0.2) is 4.98 Å². The quantitative estimate of drug-likeness (QED) is 0.582. The topological polar surface area (TPSA) is 80.1 Å². The largest absolute Gasteiger partial charge is 0.368 e. The Morgan fingerprint density at radius 2 is 2.31 bits per heavy atom. The highest BCUT2D eigenvalue weighted by Crippen LogP contribution is 2.17. The molecule has 0 saturated heterocycles. The van der Waals surface area contributed by atoms with Crippen molar-refractivity contribution in [1.29, 1.82) is 0 Å². The number of likely N-dealkylation sites (N-methyl/N-ethyl adjacent to an activating group) is 1. The van der Waals surface area contributed by atoms with Gasteiger partial charge in [0.1, 0.15) is 12.0 Å². The van der Waals surface area contributed by atoms with Crippen molar-refractivity contribution in [3.05, 3.63) is 27.9 Å². The van der Waals surface area contributed by atoms with Crippen LogP contribution >= 0.6 is 0 Å². The maximum atomic E-state index is 10.5. The van der Waals surface area contributed by atoms with E-state index in [1.165, 1.54) is 12.3 Å². The molecule has 0 fully saturated rings. The maximum absolute atomic E-state index is 10.5. The molecule has 0 radical (unpaired) electrons. The van der Waals surface area contributed by atoms with Crippen LogP contribution in [0.1, 0.15) is 12.5 Å². The molecule has 16 heavy (non-hydrogen) atoms. The van der Waals surface area contributed by atoms with Gasteiger partial charge in [0.25, 0.3) is 5.69 Å². The third-order valence-corrected chi connectivity index (χ3v) is 2.34. The van der Waals surface area contributed by atoms with E-state index >= 15 is 0 Å². The van der Waals surface area contributed by atoms with Gasteiger partial charge in [0.15, 0.2) is 0 Å². The Kier molecular flexibility index (Phi) is 4.19. The second-order valence-electron chi connectivity index (χ2n) is 3.69. The molecular formula is C10H16N4O2. The Morgan fingerprint density at radius 3 is 2.81 bits per heavy atom. The molecule has 0 aliphatic rings. The fourth-order valence-electron chi connectivity index (χ4n) is 1.20. The predicted octanol–water partition coefficient (Wildman–Crippen LogP) is 1.32. The van der Waals surface area contributed by atoms with Crippen LogP contribution in [0, 0.1) is 17.0 Å². The van der Waals surface area contributed by atoms with E-state index in [0.717, 1.165) is 12.1 Å². The molecule has 0 saturated carbocycles. The van der Waals surface area contributed by atoms with Gasteiger partial charge in [-0.15, -0.1) is 0 Å². The molecule has 0 spiro atoms. The molecule has 0 aliphatic heterocycles. The number of rotatable bonds is 5. The first-order chi connectivity index (χ1) is 7.54. The lowest BCUT2D eigenvalue weighted by atomic mass is 10.2. The van der Waals surface area contributed by atoms with E-state index in [1.54, 1.807) is 6.92 Å². The van der Waals surface area contributed by atoms with Crippen molar-refractivity contribution in [3.63, 3.8) is 0 Å². The third-order valence-electron chi connectivity index (χ3n) is 2.34. The SMILES string of the molecule is CNC(C)CNc1ncc([N+](=O)[O-])cc1C. The average Bonchev–Trinajstić information content (AvgIpc) is 2.26. The van der Waals surface area contributed by atoms with E-state index in [0.29, 0.717) is 11.9 Å². The molecule has 1 heterocycles. The summed E-state index contributed by atoms with van der Waals surface area (Å²) in [5.74, 6) is 0.688. The first-order valence-corrected chi connectivity index (χ1v) is 5.06. The average molecular weight is 224 g/mol. The number of aryl methyl sites for hydroxylation is 1. The molecule has 1 aromatic rings. The van der Waals surface area contributed by atoms with Crippen LogP contribution in [0.4, 0.5) is 11.5 Å². The summed E-state index contributed by atoms with van der Waals surface area (Å²) >= 11 is 0. The number of nitrogens with one attached hydrogen (secondary N) is 2. The van der Waals surface area contributed by atoms with Crippen LogP contribution in [0.3, 0.4) is 0 Å². The number of hydrogen-bond donors (Lipinski definition) is 2. The van der Waals surface area contributed by atoms with E-state index in [1.807, 2.05) is 14.0 Å². The van der Waals surface area contributed by atoms with Gasteiger partial charge in [-0.3, -0.25) is 10.1 Å². The van der Waals surface area contributed by atoms with Gasteiger partial charge in [0.2, 0.25) is 0 Å². The Hall–Kier alpha value is -1.69. The van der Waals surface area contributed by atoms with Gasteiger partial charge < -0.3 is 10.6 Å². The zero-order chi connectivity index (χ0) is 12.1. The molecule has 0 amide bonds. The van der Waals surface area contributed by atoms with Crippen molar-refractivity contribution in [2.45, 2.75) is 19.9 Å². The third kappa shape index (κ3) is 3.16. The summed E-state index contributed by atoms with van der Waals surface area (Å²) in [7, 11) is 1.88.